The smallest absolute Gasteiger partial charge is 0.136 e. The first kappa shape index (κ1) is 21.4. The standard InChI is InChI=1S/C23H32O4/c1-14-7-16(3)20(17(4)8-14)22(23(11-24,12-25)13-26)27-21-18(5)9-15(2)10-19(21)6/h7-10,22,24-26H,11-13H2,1-6H3. The highest BCUT2D eigenvalue weighted by atomic mass is 16.5. The van der Waals surface area contributed by atoms with Gasteiger partial charge in [0.1, 0.15) is 11.9 Å². The highest BCUT2D eigenvalue weighted by Gasteiger charge is 2.42. The number of ether oxygens (including phenoxy) is 1. The Balaban J connectivity index is 2.69. The summed E-state index contributed by atoms with van der Waals surface area (Å²) in [5.74, 6) is 0.727. The second-order valence-corrected chi connectivity index (χ2v) is 7.87. The summed E-state index contributed by atoms with van der Waals surface area (Å²) in [4.78, 5) is 0. The zero-order valence-corrected chi connectivity index (χ0v) is 17.3. The zero-order chi connectivity index (χ0) is 20.4. The molecule has 0 aromatic heterocycles. The van der Waals surface area contributed by atoms with Gasteiger partial charge in [-0.25, -0.2) is 0 Å². The Morgan fingerprint density at radius 1 is 0.704 bits per heavy atom. The Kier molecular flexibility index (Phi) is 6.68. The van der Waals surface area contributed by atoms with E-state index in [4.69, 9.17) is 4.74 Å². The van der Waals surface area contributed by atoms with Gasteiger partial charge < -0.3 is 20.1 Å². The van der Waals surface area contributed by atoms with Crippen molar-refractivity contribution < 1.29 is 20.1 Å². The van der Waals surface area contributed by atoms with Crippen molar-refractivity contribution in [3.63, 3.8) is 0 Å². The van der Waals surface area contributed by atoms with Crippen molar-refractivity contribution in [3.05, 3.63) is 63.2 Å². The molecule has 1 unspecified atom stereocenters. The van der Waals surface area contributed by atoms with Crippen molar-refractivity contribution in [2.75, 3.05) is 19.8 Å². The molecular weight excluding hydrogens is 340 g/mol. The third-order valence-electron chi connectivity index (χ3n) is 5.34. The summed E-state index contributed by atoms with van der Waals surface area (Å²) in [5, 5.41) is 30.3. The van der Waals surface area contributed by atoms with Crippen LogP contribution in [0.25, 0.3) is 0 Å². The van der Waals surface area contributed by atoms with E-state index in [1.54, 1.807) is 0 Å². The minimum Gasteiger partial charge on any atom is -0.484 e. The van der Waals surface area contributed by atoms with Crippen molar-refractivity contribution in [3.8, 4) is 5.75 Å². The molecule has 4 heteroatoms. The molecule has 0 saturated carbocycles. The Hall–Kier alpha value is -1.88. The molecule has 2 rings (SSSR count). The second-order valence-electron chi connectivity index (χ2n) is 7.87. The number of hydrogen-bond donors (Lipinski definition) is 3. The maximum Gasteiger partial charge on any atom is 0.136 e. The summed E-state index contributed by atoms with van der Waals surface area (Å²) in [6.07, 6.45) is -0.682. The van der Waals surface area contributed by atoms with Gasteiger partial charge in [-0.3, -0.25) is 0 Å². The van der Waals surface area contributed by atoms with Crippen LogP contribution in [0.1, 0.15) is 45.0 Å². The van der Waals surface area contributed by atoms with Crippen LogP contribution in [-0.4, -0.2) is 35.1 Å². The molecule has 0 saturated heterocycles. The van der Waals surface area contributed by atoms with E-state index in [1.807, 2.05) is 53.7 Å². The third kappa shape index (κ3) is 4.18. The Morgan fingerprint density at radius 3 is 1.44 bits per heavy atom. The number of aliphatic hydroxyl groups excluding tert-OH is 3. The molecule has 4 nitrogen and oxygen atoms in total. The predicted molar refractivity (Wildman–Crippen MR) is 108 cm³/mol. The first-order chi connectivity index (χ1) is 12.7. The van der Waals surface area contributed by atoms with Crippen LogP contribution in [0.2, 0.25) is 0 Å². The van der Waals surface area contributed by atoms with Crippen molar-refractivity contribution in [1.82, 2.24) is 0 Å². The molecule has 27 heavy (non-hydrogen) atoms. The first-order valence-electron chi connectivity index (χ1n) is 9.34. The monoisotopic (exact) mass is 372 g/mol. The number of aryl methyl sites for hydroxylation is 6. The summed E-state index contributed by atoms with van der Waals surface area (Å²) in [6.45, 7) is 10.9. The molecule has 0 aliphatic rings. The van der Waals surface area contributed by atoms with Crippen molar-refractivity contribution in [1.29, 1.82) is 0 Å². The normalized spacial score (nSPS) is 12.9. The molecule has 0 bridgehead atoms. The van der Waals surface area contributed by atoms with E-state index in [2.05, 4.69) is 12.1 Å². The predicted octanol–water partition coefficient (Wildman–Crippen LogP) is 3.62. The molecule has 0 amide bonds. The quantitative estimate of drug-likeness (QED) is 0.694. The van der Waals surface area contributed by atoms with Crippen LogP contribution in [0, 0.1) is 47.0 Å². The largest absolute Gasteiger partial charge is 0.484 e. The molecule has 0 aliphatic carbocycles. The van der Waals surface area contributed by atoms with Gasteiger partial charge in [0.25, 0.3) is 0 Å². The van der Waals surface area contributed by atoms with Crippen molar-refractivity contribution >= 4 is 0 Å². The van der Waals surface area contributed by atoms with Gasteiger partial charge in [-0.2, -0.15) is 0 Å². The Bertz CT molecular complexity index is 752. The SMILES string of the molecule is Cc1cc(C)c(OC(c2c(C)cc(C)cc2C)C(CO)(CO)CO)c(C)c1. The molecule has 2 aromatic rings. The van der Waals surface area contributed by atoms with Crippen LogP contribution in [0.5, 0.6) is 5.75 Å². The van der Waals surface area contributed by atoms with Gasteiger partial charge in [0.15, 0.2) is 0 Å². The van der Waals surface area contributed by atoms with Crippen LogP contribution in [0.4, 0.5) is 0 Å². The molecule has 0 aliphatic heterocycles. The van der Waals surface area contributed by atoms with E-state index in [0.29, 0.717) is 0 Å². The van der Waals surface area contributed by atoms with Gasteiger partial charge in [0.05, 0.1) is 25.2 Å². The van der Waals surface area contributed by atoms with Crippen molar-refractivity contribution in [2.45, 2.75) is 47.6 Å². The lowest BCUT2D eigenvalue weighted by atomic mass is 9.77. The fraction of sp³-hybridized carbons (Fsp3) is 0.478. The van der Waals surface area contributed by atoms with Crippen LogP contribution >= 0.6 is 0 Å². The summed E-state index contributed by atoms with van der Waals surface area (Å²) >= 11 is 0. The summed E-state index contributed by atoms with van der Waals surface area (Å²) in [5.41, 5.74) is 5.99. The molecule has 1 atom stereocenters. The van der Waals surface area contributed by atoms with E-state index < -0.39 is 11.5 Å². The summed E-state index contributed by atoms with van der Waals surface area (Å²) < 4.78 is 6.48. The average Bonchev–Trinajstić information content (AvgIpc) is 2.58. The van der Waals surface area contributed by atoms with Crippen LogP contribution in [0.15, 0.2) is 24.3 Å². The average molecular weight is 373 g/mol. The van der Waals surface area contributed by atoms with Crippen LogP contribution in [0.3, 0.4) is 0 Å². The molecule has 0 fully saturated rings. The van der Waals surface area contributed by atoms with Gasteiger partial charge in [0, 0.05) is 0 Å². The fourth-order valence-corrected chi connectivity index (χ4v) is 3.96. The molecule has 0 spiro atoms. The van der Waals surface area contributed by atoms with Gasteiger partial charge in [0.2, 0.25) is 0 Å². The lowest BCUT2D eigenvalue weighted by Crippen LogP contribution is -2.43. The van der Waals surface area contributed by atoms with E-state index in [1.165, 1.54) is 0 Å². The molecule has 0 radical (unpaired) electrons. The van der Waals surface area contributed by atoms with E-state index >= 15 is 0 Å². The van der Waals surface area contributed by atoms with Crippen LogP contribution in [-0.2, 0) is 0 Å². The maximum atomic E-state index is 10.1. The summed E-state index contributed by atoms with van der Waals surface area (Å²) in [6, 6.07) is 8.22. The highest BCUT2D eigenvalue weighted by Crippen LogP contribution is 2.42. The lowest BCUT2D eigenvalue weighted by Gasteiger charge is -2.38. The lowest BCUT2D eigenvalue weighted by molar-refractivity contribution is -0.0750. The van der Waals surface area contributed by atoms with Gasteiger partial charge in [-0.05, 0) is 69.4 Å². The molecule has 148 valence electrons. The second kappa shape index (κ2) is 8.42. The van der Waals surface area contributed by atoms with Gasteiger partial charge >= 0.3 is 0 Å². The number of rotatable bonds is 7. The van der Waals surface area contributed by atoms with Gasteiger partial charge in [-0.1, -0.05) is 35.4 Å². The number of aliphatic hydroxyl groups is 3. The Labute approximate surface area is 162 Å². The first-order valence-corrected chi connectivity index (χ1v) is 9.34. The maximum absolute atomic E-state index is 10.1. The topological polar surface area (TPSA) is 69.9 Å². The van der Waals surface area contributed by atoms with Crippen LogP contribution < -0.4 is 4.74 Å². The summed E-state index contributed by atoms with van der Waals surface area (Å²) in [7, 11) is 0. The molecular formula is C23H32O4. The number of benzene rings is 2. The third-order valence-corrected chi connectivity index (χ3v) is 5.34. The zero-order valence-electron chi connectivity index (χ0n) is 17.3. The Morgan fingerprint density at radius 2 is 1.07 bits per heavy atom. The molecule has 2 aromatic carbocycles. The molecule has 3 N–H and O–H groups in total. The van der Waals surface area contributed by atoms with E-state index in [0.717, 1.165) is 44.7 Å². The van der Waals surface area contributed by atoms with Gasteiger partial charge in [-0.15, -0.1) is 0 Å². The van der Waals surface area contributed by atoms with E-state index in [9.17, 15) is 15.3 Å². The van der Waals surface area contributed by atoms with Crippen molar-refractivity contribution in [2.24, 2.45) is 5.41 Å². The highest BCUT2D eigenvalue weighted by molar-refractivity contribution is 5.45. The van der Waals surface area contributed by atoms with E-state index in [-0.39, 0.29) is 19.8 Å². The minimum atomic E-state index is -1.20. The minimum absolute atomic E-state index is 0.388. The molecule has 0 heterocycles. The fourth-order valence-electron chi connectivity index (χ4n) is 3.96. The number of hydrogen-bond acceptors (Lipinski definition) is 4.